The molecule has 0 aromatic heterocycles. The number of nitro benzene ring substituents is 1. The Morgan fingerprint density at radius 1 is 1.27 bits per heavy atom. The SMILES string of the molecule is COc1cc(/C=C/C=C(\C#N)C(=O)NCc2ccc(O)c(O)c2)cc([N+](=O)[O-])c1O. The smallest absolute Gasteiger partial charge is 0.315 e. The van der Waals surface area contributed by atoms with Crippen LogP contribution >= 0.6 is 0 Å². The monoisotopic (exact) mass is 411 g/mol. The van der Waals surface area contributed by atoms with Gasteiger partial charge < -0.3 is 25.4 Å². The number of carbonyl (C=O) groups is 1. The van der Waals surface area contributed by atoms with Crippen LogP contribution in [0.1, 0.15) is 11.1 Å². The summed E-state index contributed by atoms with van der Waals surface area (Å²) in [7, 11) is 1.25. The van der Waals surface area contributed by atoms with E-state index in [2.05, 4.69) is 5.32 Å². The number of hydrogen-bond acceptors (Lipinski definition) is 8. The molecule has 30 heavy (non-hydrogen) atoms. The van der Waals surface area contributed by atoms with Crippen molar-refractivity contribution < 1.29 is 29.8 Å². The number of hydrogen-bond donors (Lipinski definition) is 4. The van der Waals surface area contributed by atoms with Crippen molar-refractivity contribution in [3.8, 4) is 29.1 Å². The molecular formula is C20H17N3O7. The van der Waals surface area contributed by atoms with Crippen molar-refractivity contribution in [2.24, 2.45) is 0 Å². The van der Waals surface area contributed by atoms with Crippen LogP contribution in [-0.4, -0.2) is 33.3 Å². The highest BCUT2D eigenvalue weighted by atomic mass is 16.6. The zero-order valence-electron chi connectivity index (χ0n) is 15.7. The molecule has 0 unspecified atom stereocenters. The first-order valence-corrected chi connectivity index (χ1v) is 8.39. The van der Waals surface area contributed by atoms with Crippen molar-refractivity contribution in [1.29, 1.82) is 5.26 Å². The zero-order chi connectivity index (χ0) is 22.3. The Morgan fingerprint density at radius 2 is 2.00 bits per heavy atom. The van der Waals surface area contributed by atoms with Gasteiger partial charge in [-0.15, -0.1) is 0 Å². The first-order chi connectivity index (χ1) is 14.3. The van der Waals surface area contributed by atoms with Gasteiger partial charge in [-0.25, -0.2) is 0 Å². The summed E-state index contributed by atoms with van der Waals surface area (Å²) in [6.45, 7) is 0.0107. The van der Waals surface area contributed by atoms with Gasteiger partial charge in [0.2, 0.25) is 5.75 Å². The Morgan fingerprint density at radius 3 is 2.60 bits per heavy atom. The normalized spacial score (nSPS) is 11.1. The number of nitriles is 1. The average Bonchev–Trinajstić information content (AvgIpc) is 2.72. The zero-order valence-corrected chi connectivity index (χ0v) is 15.7. The third-order valence-corrected chi connectivity index (χ3v) is 3.90. The minimum atomic E-state index is -0.764. The van der Waals surface area contributed by atoms with Gasteiger partial charge in [-0.05, 0) is 35.4 Å². The van der Waals surface area contributed by atoms with Gasteiger partial charge in [0.25, 0.3) is 5.91 Å². The lowest BCUT2D eigenvalue weighted by Gasteiger charge is -2.06. The van der Waals surface area contributed by atoms with E-state index in [-0.39, 0.29) is 29.4 Å². The first kappa shape index (κ1) is 21.8. The molecule has 154 valence electrons. The van der Waals surface area contributed by atoms with Crippen LogP contribution < -0.4 is 10.1 Å². The van der Waals surface area contributed by atoms with Crippen LogP contribution in [0.4, 0.5) is 5.69 Å². The van der Waals surface area contributed by atoms with Gasteiger partial charge in [0, 0.05) is 12.6 Å². The third-order valence-electron chi connectivity index (χ3n) is 3.90. The second-order valence-electron chi connectivity index (χ2n) is 5.91. The number of nitrogens with zero attached hydrogens (tertiary/aromatic N) is 2. The van der Waals surface area contributed by atoms with Crippen LogP contribution in [0.25, 0.3) is 6.08 Å². The summed E-state index contributed by atoms with van der Waals surface area (Å²) >= 11 is 0. The van der Waals surface area contributed by atoms with Gasteiger partial charge in [-0.1, -0.05) is 18.2 Å². The van der Waals surface area contributed by atoms with E-state index in [1.54, 1.807) is 6.07 Å². The Kier molecular flexibility index (Phi) is 6.97. The number of nitro groups is 1. The van der Waals surface area contributed by atoms with Crippen molar-refractivity contribution in [2.75, 3.05) is 7.11 Å². The highest BCUT2D eigenvalue weighted by molar-refractivity contribution is 5.97. The fourth-order valence-electron chi connectivity index (χ4n) is 2.38. The van der Waals surface area contributed by atoms with Crippen LogP contribution in [0.15, 0.2) is 48.1 Å². The summed E-state index contributed by atoms with van der Waals surface area (Å²) in [6.07, 6.45) is 3.96. The van der Waals surface area contributed by atoms with E-state index in [1.165, 1.54) is 49.6 Å². The van der Waals surface area contributed by atoms with E-state index < -0.39 is 22.3 Å². The van der Waals surface area contributed by atoms with Crippen molar-refractivity contribution in [3.05, 3.63) is 69.3 Å². The number of benzene rings is 2. The Labute approximate surface area is 170 Å². The van der Waals surface area contributed by atoms with Crippen LogP contribution in [0.5, 0.6) is 23.0 Å². The standard InChI is InChI=1S/C20H17N3O7/c1-30-18-9-12(7-15(19(18)26)23(28)29)3-2-4-14(10-21)20(27)22-11-13-5-6-16(24)17(25)8-13/h2-9,24-26H,11H2,1H3,(H,22,27)/b3-2+,14-4+. The van der Waals surface area contributed by atoms with Gasteiger partial charge in [0.05, 0.1) is 12.0 Å². The molecule has 0 fully saturated rings. The second-order valence-corrected chi connectivity index (χ2v) is 5.91. The van der Waals surface area contributed by atoms with E-state index in [0.29, 0.717) is 11.1 Å². The lowest BCUT2D eigenvalue weighted by atomic mass is 10.1. The van der Waals surface area contributed by atoms with E-state index in [4.69, 9.17) is 4.74 Å². The Bertz CT molecular complexity index is 1080. The lowest BCUT2D eigenvalue weighted by Crippen LogP contribution is -2.23. The highest BCUT2D eigenvalue weighted by Crippen LogP contribution is 2.37. The van der Waals surface area contributed by atoms with Gasteiger partial charge in [-0.2, -0.15) is 5.26 Å². The fraction of sp³-hybridized carbons (Fsp3) is 0.100. The number of phenols is 3. The largest absolute Gasteiger partial charge is 0.504 e. The molecule has 0 saturated heterocycles. The highest BCUT2D eigenvalue weighted by Gasteiger charge is 2.19. The molecule has 0 atom stereocenters. The molecular weight excluding hydrogens is 394 g/mol. The molecule has 10 heteroatoms. The minimum Gasteiger partial charge on any atom is -0.504 e. The van der Waals surface area contributed by atoms with E-state index in [1.807, 2.05) is 0 Å². The van der Waals surface area contributed by atoms with E-state index in [0.717, 1.165) is 6.07 Å². The molecule has 2 aromatic rings. The second kappa shape index (κ2) is 9.61. The molecule has 1 amide bonds. The van der Waals surface area contributed by atoms with Crippen molar-refractivity contribution >= 4 is 17.7 Å². The molecule has 0 aliphatic heterocycles. The summed E-state index contributed by atoms with van der Waals surface area (Å²) in [4.78, 5) is 22.4. The number of methoxy groups -OCH3 is 1. The van der Waals surface area contributed by atoms with E-state index >= 15 is 0 Å². The van der Waals surface area contributed by atoms with Crippen molar-refractivity contribution in [1.82, 2.24) is 5.32 Å². The van der Waals surface area contributed by atoms with Gasteiger partial charge in [0.15, 0.2) is 17.2 Å². The summed E-state index contributed by atoms with van der Waals surface area (Å²) in [5.41, 5.74) is 0.0442. The molecule has 0 aliphatic rings. The molecule has 2 rings (SSSR count). The number of amides is 1. The number of phenolic OH excluding ortho intramolecular Hbond substituents is 3. The summed E-state index contributed by atoms with van der Waals surface area (Å²) < 4.78 is 4.90. The van der Waals surface area contributed by atoms with Crippen LogP contribution in [0, 0.1) is 21.4 Å². The summed E-state index contributed by atoms with van der Waals surface area (Å²) in [5.74, 6) is -2.00. The predicted molar refractivity (Wildman–Crippen MR) is 106 cm³/mol. The molecule has 4 N–H and O–H groups in total. The molecule has 0 bridgehead atoms. The third kappa shape index (κ3) is 5.26. The van der Waals surface area contributed by atoms with Crippen molar-refractivity contribution in [2.45, 2.75) is 6.54 Å². The first-order valence-electron chi connectivity index (χ1n) is 8.39. The average molecular weight is 411 g/mol. The van der Waals surface area contributed by atoms with Gasteiger partial charge in [0.1, 0.15) is 11.6 Å². The van der Waals surface area contributed by atoms with Crippen LogP contribution in [0.2, 0.25) is 0 Å². The summed E-state index contributed by atoms with van der Waals surface area (Å²) in [6, 6.07) is 8.26. The Hall–Kier alpha value is -4.52. The van der Waals surface area contributed by atoms with Crippen LogP contribution in [-0.2, 0) is 11.3 Å². The lowest BCUT2D eigenvalue weighted by molar-refractivity contribution is -0.386. The summed E-state index contributed by atoms with van der Waals surface area (Å²) in [5, 5.41) is 51.2. The molecule has 2 aromatic carbocycles. The quantitative estimate of drug-likeness (QED) is 0.135. The Balaban J connectivity index is 2.14. The number of allylic oxidation sites excluding steroid dienone is 2. The molecule has 0 aliphatic carbocycles. The maximum Gasteiger partial charge on any atom is 0.315 e. The molecule has 10 nitrogen and oxygen atoms in total. The van der Waals surface area contributed by atoms with Crippen LogP contribution in [0.3, 0.4) is 0 Å². The fourth-order valence-corrected chi connectivity index (χ4v) is 2.38. The minimum absolute atomic E-state index is 0.0107. The number of ether oxygens (including phenoxy) is 1. The van der Waals surface area contributed by atoms with Gasteiger partial charge in [-0.3, -0.25) is 14.9 Å². The molecule has 0 radical (unpaired) electrons. The maximum absolute atomic E-state index is 12.1. The molecule has 0 saturated carbocycles. The molecule has 0 heterocycles. The number of aromatic hydroxyl groups is 3. The number of carbonyl (C=O) groups excluding carboxylic acids is 1. The van der Waals surface area contributed by atoms with E-state index in [9.17, 15) is 35.5 Å². The number of nitrogens with one attached hydrogen (secondary N) is 1. The van der Waals surface area contributed by atoms with Crippen molar-refractivity contribution in [3.63, 3.8) is 0 Å². The predicted octanol–water partition coefficient (Wildman–Crippen LogP) is 2.50. The number of rotatable bonds is 7. The molecule has 0 spiro atoms. The van der Waals surface area contributed by atoms with Gasteiger partial charge >= 0.3 is 5.69 Å². The maximum atomic E-state index is 12.1. The topological polar surface area (TPSA) is 166 Å².